The lowest BCUT2D eigenvalue weighted by Gasteiger charge is -2.23. The van der Waals surface area contributed by atoms with Crippen molar-refractivity contribution in [3.8, 4) is 5.75 Å². The number of furan rings is 1. The minimum absolute atomic E-state index is 0.105. The van der Waals surface area contributed by atoms with E-state index in [1.54, 1.807) is 36.4 Å². The fourth-order valence-corrected chi connectivity index (χ4v) is 3.52. The Hall–Kier alpha value is -3.87. The number of ketones is 1. The molecule has 1 amide bonds. The highest BCUT2D eigenvalue weighted by molar-refractivity contribution is 6.46. The minimum atomic E-state index is -0.920. The molecule has 1 atom stereocenters. The first-order chi connectivity index (χ1) is 14.5. The summed E-state index contributed by atoms with van der Waals surface area (Å²) in [5.41, 5.74) is 0.867. The van der Waals surface area contributed by atoms with E-state index < -0.39 is 23.5 Å². The van der Waals surface area contributed by atoms with Gasteiger partial charge < -0.3 is 19.2 Å². The second-order valence-corrected chi connectivity index (χ2v) is 6.80. The van der Waals surface area contributed by atoms with Gasteiger partial charge in [-0.05, 0) is 54.1 Å². The van der Waals surface area contributed by atoms with Crippen LogP contribution in [0.15, 0.2) is 76.9 Å². The lowest BCUT2D eigenvalue weighted by Crippen LogP contribution is -2.29. The van der Waals surface area contributed by atoms with E-state index in [1.807, 2.05) is 0 Å². The lowest BCUT2D eigenvalue weighted by atomic mass is 9.99. The van der Waals surface area contributed by atoms with E-state index in [-0.39, 0.29) is 23.4 Å². The van der Waals surface area contributed by atoms with Crippen LogP contribution in [-0.2, 0) is 16.1 Å². The Morgan fingerprint density at radius 2 is 1.90 bits per heavy atom. The molecule has 2 aromatic carbocycles. The highest BCUT2D eigenvalue weighted by atomic mass is 19.1. The first kappa shape index (κ1) is 19.4. The third-order valence-electron chi connectivity index (χ3n) is 4.96. The maximum Gasteiger partial charge on any atom is 0.296 e. The molecule has 1 saturated heterocycles. The van der Waals surface area contributed by atoms with E-state index >= 15 is 0 Å². The predicted molar refractivity (Wildman–Crippen MR) is 106 cm³/mol. The van der Waals surface area contributed by atoms with Crippen LogP contribution in [0.3, 0.4) is 0 Å². The summed E-state index contributed by atoms with van der Waals surface area (Å²) in [5.74, 6) is -1.51. The van der Waals surface area contributed by atoms with Gasteiger partial charge in [-0.1, -0.05) is 12.1 Å². The second-order valence-electron chi connectivity index (χ2n) is 6.80. The molecule has 1 aliphatic heterocycles. The van der Waals surface area contributed by atoms with Crippen molar-refractivity contribution in [1.29, 1.82) is 0 Å². The number of benzene rings is 2. The van der Waals surface area contributed by atoms with E-state index in [9.17, 15) is 19.1 Å². The zero-order valence-electron chi connectivity index (χ0n) is 16.0. The van der Waals surface area contributed by atoms with Crippen molar-refractivity contribution in [3.05, 3.63) is 95.2 Å². The smallest absolute Gasteiger partial charge is 0.296 e. The molecule has 1 aromatic heterocycles. The molecular weight excluding hydrogens is 389 g/mol. The Labute approximate surface area is 171 Å². The summed E-state index contributed by atoms with van der Waals surface area (Å²) in [4.78, 5) is 27.1. The van der Waals surface area contributed by atoms with Gasteiger partial charge in [-0.3, -0.25) is 9.59 Å². The zero-order chi connectivity index (χ0) is 21.3. The lowest BCUT2D eigenvalue weighted by molar-refractivity contribution is -0.140. The fourth-order valence-electron chi connectivity index (χ4n) is 3.52. The molecular formula is C23H18FNO5. The number of carbonyl (C=O) groups excluding carboxylic acids is 2. The van der Waals surface area contributed by atoms with Crippen LogP contribution in [0.5, 0.6) is 5.75 Å². The van der Waals surface area contributed by atoms with Crippen molar-refractivity contribution in [3.63, 3.8) is 0 Å². The number of Topliss-reactive ketones (excluding diaryl/α,β-unsaturated/α-hetero) is 1. The van der Waals surface area contributed by atoms with Crippen molar-refractivity contribution in [2.75, 3.05) is 7.11 Å². The fraction of sp³-hybridized carbons (Fsp3) is 0.130. The number of methoxy groups -OCH3 is 1. The third kappa shape index (κ3) is 3.45. The summed E-state index contributed by atoms with van der Waals surface area (Å²) in [6.07, 6.45) is 1.43. The molecule has 1 aliphatic rings. The third-order valence-corrected chi connectivity index (χ3v) is 4.96. The van der Waals surface area contributed by atoms with Crippen molar-refractivity contribution in [2.24, 2.45) is 0 Å². The second kappa shape index (κ2) is 7.87. The van der Waals surface area contributed by atoms with Gasteiger partial charge in [0.05, 0.1) is 18.9 Å². The van der Waals surface area contributed by atoms with E-state index in [2.05, 4.69) is 0 Å². The number of aliphatic hydroxyl groups excluding tert-OH is 1. The van der Waals surface area contributed by atoms with Crippen molar-refractivity contribution < 1.29 is 28.2 Å². The van der Waals surface area contributed by atoms with Gasteiger partial charge in [0.2, 0.25) is 0 Å². The van der Waals surface area contributed by atoms with Crippen LogP contribution in [0.1, 0.15) is 22.9 Å². The molecule has 1 fully saturated rings. The number of amides is 1. The van der Waals surface area contributed by atoms with Gasteiger partial charge >= 0.3 is 0 Å². The number of hydrogen-bond acceptors (Lipinski definition) is 5. The summed E-state index contributed by atoms with van der Waals surface area (Å²) in [7, 11) is 1.54. The van der Waals surface area contributed by atoms with Gasteiger partial charge in [0, 0.05) is 12.1 Å². The van der Waals surface area contributed by atoms with Crippen LogP contribution in [0.2, 0.25) is 0 Å². The molecule has 0 radical (unpaired) electrons. The van der Waals surface area contributed by atoms with Gasteiger partial charge in [-0.15, -0.1) is 0 Å². The van der Waals surface area contributed by atoms with E-state index in [4.69, 9.17) is 9.15 Å². The van der Waals surface area contributed by atoms with Crippen LogP contribution in [0.4, 0.5) is 4.39 Å². The van der Waals surface area contributed by atoms with Crippen LogP contribution in [0.25, 0.3) is 5.76 Å². The summed E-state index contributed by atoms with van der Waals surface area (Å²) in [6, 6.07) is 14.5. The molecule has 0 bridgehead atoms. The molecule has 0 saturated carbocycles. The topological polar surface area (TPSA) is 80.0 Å². The van der Waals surface area contributed by atoms with E-state index in [0.717, 1.165) is 5.56 Å². The number of hydrogen-bond donors (Lipinski definition) is 1. The number of nitrogens with zero attached hydrogens (tertiary/aromatic N) is 1. The molecule has 0 spiro atoms. The molecule has 1 N–H and O–H groups in total. The Balaban J connectivity index is 1.80. The van der Waals surface area contributed by atoms with Gasteiger partial charge in [0.25, 0.3) is 11.7 Å². The Morgan fingerprint density at radius 3 is 2.57 bits per heavy atom. The van der Waals surface area contributed by atoms with Crippen LogP contribution in [-0.4, -0.2) is 28.8 Å². The molecule has 3 aromatic rings. The van der Waals surface area contributed by atoms with Gasteiger partial charge in [-0.25, -0.2) is 4.39 Å². The standard InChI is InChI=1S/C23H18FNO5/c1-29-17-5-2-4-14(12-17)13-25-20(18-6-3-11-30-18)19(22(27)23(25)28)21(26)15-7-9-16(24)10-8-15/h2-12,20,26H,13H2,1H3/b21-19-. The monoisotopic (exact) mass is 407 g/mol. The molecule has 2 heterocycles. The van der Waals surface area contributed by atoms with E-state index in [0.29, 0.717) is 11.5 Å². The summed E-state index contributed by atoms with van der Waals surface area (Å²) < 4.78 is 24.0. The largest absolute Gasteiger partial charge is 0.507 e. The SMILES string of the molecule is COc1cccc(CN2C(=O)C(=O)/C(=C(\O)c3ccc(F)cc3)C2c2ccco2)c1. The molecule has 1 unspecified atom stereocenters. The minimum Gasteiger partial charge on any atom is -0.507 e. The average Bonchev–Trinajstić information content (AvgIpc) is 3.37. The van der Waals surface area contributed by atoms with Crippen molar-refractivity contribution in [1.82, 2.24) is 4.90 Å². The first-order valence-electron chi connectivity index (χ1n) is 9.20. The highest BCUT2D eigenvalue weighted by Crippen LogP contribution is 2.40. The maximum atomic E-state index is 13.3. The molecule has 7 heteroatoms. The number of aliphatic hydroxyl groups is 1. The van der Waals surface area contributed by atoms with Crippen LogP contribution in [0, 0.1) is 5.82 Å². The number of ether oxygens (including phenoxy) is 1. The van der Waals surface area contributed by atoms with Crippen molar-refractivity contribution in [2.45, 2.75) is 12.6 Å². The maximum absolute atomic E-state index is 13.3. The van der Waals surface area contributed by atoms with Gasteiger partial charge in [-0.2, -0.15) is 0 Å². The number of rotatable bonds is 5. The molecule has 6 nitrogen and oxygen atoms in total. The number of halogens is 1. The van der Waals surface area contributed by atoms with Crippen molar-refractivity contribution >= 4 is 17.4 Å². The number of likely N-dealkylation sites (tertiary alicyclic amines) is 1. The molecule has 152 valence electrons. The predicted octanol–water partition coefficient (Wildman–Crippen LogP) is 4.05. The first-order valence-corrected chi connectivity index (χ1v) is 9.20. The Bertz CT molecular complexity index is 1120. The molecule has 0 aliphatic carbocycles. The van der Waals surface area contributed by atoms with Gasteiger partial charge in [0.1, 0.15) is 29.1 Å². The van der Waals surface area contributed by atoms with Crippen LogP contribution < -0.4 is 4.74 Å². The molecule has 4 rings (SSSR count). The molecule has 30 heavy (non-hydrogen) atoms. The summed E-state index contributed by atoms with van der Waals surface area (Å²) in [6.45, 7) is 0.105. The zero-order valence-corrected chi connectivity index (χ0v) is 16.0. The number of carbonyl (C=O) groups is 2. The quantitative estimate of drug-likeness (QED) is 0.392. The normalized spacial score (nSPS) is 18.1. The Morgan fingerprint density at radius 1 is 1.13 bits per heavy atom. The summed E-state index contributed by atoms with van der Waals surface area (Å²) >= 11 is 0. The van der Waals surface area contributed by atoms with E-state index in [1.165, 1.54) is 42.5 Å². The summed E-state index contributed by atoms with van der Waals surface area (Å²) in [5, 5.41) is 10.8. The van der Waals surface area contributed by atoms with Gasteiger partial charge in [0.15, 0.2) is 0 Å². The van der Waals surface area contributed by atoms with Crippen LogP contribution >= 0.6 is 0 Å². The average molecular weight is 407 g/mol. The highest BCUT2D eigenvalue weighted by Gasteiger charge is 2.47. The Kier molecular flexibility index (Phi) is 5.10.